The number of benzene rings is 4. The summed E-state index contributed by atoms with van der Waals surface area (Å²) < 4.78 is 30.3. The molecule has 0 saturated carbocycles. The van der Waals surface area contributed by atoms with Crippen molar-refractivity contribution in [3.63, 3.8) is 0 Å². The average Bonchev–Trinajstić information content (AvgIpc) is 3.28. The first-order valence-corrected chi connectivity index (χ1v) is 13.8. The number of rotatable bonds is 10. The highest BCUT2D eigenvalue weighted by Crippen LogP contribution is 2.42. The normalized spacial score (nSPS) is 15.9. The number of nitrogens with zero attached hydrogens (tertiary/aromatic N) is 1. The van der Waals surface area contributed by atoms with Gasteiger partial charge in [-0.15, -0.1) is 0 Å². The van der Waals surface area contributed by atoms with Crippen LogP contribution in [0.15, 0.2) is 96.6 Å². The molecule has 0 aromatic heterocycles. The van der Waals surface area contributed by atoms with Gasteiger partial charge in [-0.3, -0.25) is 9.59 Å². The van der Waals surface area contributed by atoms with Crippen molar-refractivity contribution in [3.05, 3.63) is 130 Å². The molecular formula is C35H32FNO6. The minimum atomic E-state index is -0.894. The lowest BCUT2D eigenvalue weighted by Gasteiger charge is -2.26. The molecule has 1 amide bonds. The van der Waals surface area contributed by atoms with E-state index in [1.165, 1.54) is 31.3 Å². The number of ketones is 1. The number of hydrogen-bond donors (Lipinski definition) is 1. The SMILES string of the molecule is COc1ccc(C2/C(=C(/O)c3ccc(OCc4ccccc4)c(C)c3)C(=O)C(=O)N2CCc2ccc(F)cc2)cc1OC. The third-order valence-corrected chi connectivity index (χ3v) is 7.50. The van der Waals surface area contributed by atoms with E-state index in [4.69, 9.17) is 14.2 Å². The summed E-state index contributed by atoms with van der Waals surface area (Å²) in [6.07, 6.45) is 0.379. The van der Waals surface area contributed by atoms with Crippen LogP contribution < -0.4 is 14.2 Å². The van der Waals surface area contributed by atoms with Crippen molar-refractivity contribution in [2.24, 2.45) is 0 Å². The summed E-state index contributed by atoms with van der Waals surface area (Å²) in [7, 11) is 3.01. The Hall–Kier alpha value is -5.11. The molecule has 1 atom stereocenters. The predicted molar refractivity (Wildman–Crippen MR) is 161 cm³/mol. The van der Waals surface area contributed by atoms with Gasteiger partial charge >= 0.3 is 0 Å². The van der Waals surface area contributed by atoms with Crippen molar-refractivity contribution in [3.8, 4) is 17.2 Å². The molecular weight excluding hydrogens is 549 g/mol. The molecule has 4 aromatic carbocycles. The largest absolute Gasteiger partial charge is 0.507 e. The minimum absolute atomic E-state index is 0.0336. The Morgan fingerprint density at radius 2 is 1.53 bits per heavy atom. The van der Waals surface area contributed by atoms with Crippen LogP contribution in [0.4, 0.5) is 4.39 Å². The molecule has 1 aliphatic rings. The monoisotopic (exact) mass is 581 g/mol. The highest BCUT2D eigenvalue weighted by atomic mass is 19.1. The minimum Gasteiger partial charge on any atom is -0.507 e. The third-order valence-electron chi connectivity index (χ3n) is 7.50. The van der Waals surface area contributed by atoms with E-state index < -0.39 is 17.7 Å². The highest BCUT2D eigenvalue weighted by molar-refractivity contribution is 6.46. The zero-order valence-electron chi connectivity index (χ0n) is 24.2. The molecule has 43 heavy (non-hydrogen) atoms. The van der Waals surface area contributed by atoms with Crippen LogP contribution in [0.25, 0.3) is 5.76 Å². The van der Waals surface area contributed by atoms with Gasteiger partial charge in [-0.1, -0.05) is 48.5 Å². The number of aliphatic hydroxyl groups excluding tert-OH is 1. The number of halogens is 1. The molecule has 0 spiro atoms. The molecule has 1 unspecified atom stereocenters. The molecule has 4 aromatic rings. The van der Waals surface area contributed by atoms with Gasteiger partial charge in [-0.25, -0.2) is 4.39 Å². The van der Waals surface area contributed by atoms with E-state index in [2.05, 4.69) is 0 Å². The first-order valence-electron chi connectivity index (χ1n) is 13.8. The molecule has 5 rings (SSSR count). The topological polar surface area (TPSA) is 85.3 Å². The average molecular weight is 582 g/mol. The second-order valence-corrected chi connectivity index (χ2v) is 10.2. The maximum absolute atomic E-state index is 13.5. The van der Waals surface area contributed by atoms with E-state index in [-0.39, 0.29) is 23.7 Å². The standard InChI is InChI=1S/C35H32FNO6/c1-22-19-26(12-15-28(22)43-21-24-7-5-4-6-8-24)33(38)31-32(25-11-16-29(41-2)30(20-25)42-3)37(35(40)34(31)39)18-17-23-9-13-27(36)14-10-23/h4-16,19-20,32,38H,17-18,21H2,1-3H3/b33-31-. The Labute approximate surface area is 249 Å². The summed E-state index contributed by atoms with van der Waals surface area (Å²) in [5, 5.41) is 11.6. The number of amides is 1. The fourth-order valence-corrected chi connectivity index (χ4v) is 5.23. The molecule has 1 aliphatic heterocycles. The maximum atomic E-state index is 13.5. The van der Waals surface area contributed by atoms with Crippen LogP contribution in [0.2, 0.25) is 0 Å². The zero-order chi connectivity index (χ0) is 30.5. The Morgan fingerprint density at radius 1 is 0.837 bits per heavy atom. The van der Waals surface area contributed by atoms with Crippen LogP contribution in [0.5, 0.6) is 17.2 Å². The number of aliphatic hydroxyl groups is 1. The van der Waals surface area contributed by atoms with Crippen molar-refractivity contribution >= 4 is 17.4 Å². The molecule has 1 N–H and O–H groups in total. The van der Waals surface area contributed by atoms with Gasteiger partial charge in [0.2, 0.25) is 0 Å². The van der Waals surface area contributed by atoms with Gasteiger partial charge in [0.05, 0.1) is 25.8 Å². The third kappa shape index (κ3) is 6.23. The number of ether oxygens (including phenoxy) is 3. The van der Waals surface area contributed by atoms with E-state index >= 15 is 0 Å². The number of hydrogen-bond acceptors (Lipinski definition) is 6. The van der Waals surface area contributed by atoms with Crippen LogP contribution in [0.3, 0.4) is 0 Å². The van der Waals surface area contributed by atoms with Gasteiger partial charge in [-0.2, -0.15) is 0 Å². The number of carbonyl (C=O) groups excluding carboxylic acids is 2. The summed E-state index contributed by atoms with van der Waals surface area (Å²) in [5.41, 5.74) is 3.49. The summed E-state index contributed by atoms with van der Waals surface area (Å²) in [6.45, 7) is 2.40. The van der Waals surface area contributed by atoms with Crippen molar-refractivity contribution in [2.75, 3.05) is 20.8 Å². The van der Waals surface area contributed by atoms with E-state index in [1.54, 1.807) is 48.5 Å². The molecule has 0 aliphatic carbocycles. The molecule has 1 fully saturated rings. The van der Waals surface area contributed by atoms with Crippen LogP contribution in [-0.2, 0) is 22.6 Å². The van der Waals surface area contributed by atoms with Gasteiger partial charge in [0, 0.05) is 12.1 Å². The molecule has 220 valence electrons. The van der Waals surface area contributed by atoms with Gasteiger partial charge in [0.25, 0.3) is 11.7 Å². The van der Waals surface area contributed by atoms with Crippen LogP contribution in [0, 0.1) is 12.7 Å². The number of Topliss-reactive ketones (excluding diaryl/α,β-unsaturated/α-hetero) is 1. The second-order valence-electron chi connectivity index (χ2n) is 10.2. The Balaban J connectivity index is 1.52. The lowest BCUT2D eigenvalue weighted by molar-refractivity contribution is -0.139. The molecule has 1 heterocycles. The van der Waals surface area contributed by atoms with E-state index in [1.807, 2.05) is 37.3 Å². The first kappa shape index (κ1) is 29.4. The van der Waals surface area contributed by atoms with Crippen molar-refractivity contribution in [1.82, 2.24) is 4.90 Å². The molecule has 8 heteroatoms. The molecule has 1 saturated heterocycles. The quantitative estimate of drug-likeness (QED) is 0.133. The first-order chi connectivity index (χ1) is 20.8. The van der Waals surface area contributed by atoms with Crippen molar-refractivity contribution < 1.29 is 33.3 Å². The number of methoxy groups -OCH3 is 2. The summed E-state index contributed by atoms with van der Waals surface area (Å²) in [6, 6.07) is 25.1. The fraction of sp³-hybridized carbons (Fsp3) is 0.200. The second kappa shape index (κ2) is 12.8. The van der Waals surface area contributed by atoms with E-state index in [0.29, 0.717) is 41.4 Å². The van der Waals surface area contributed by atoms with Gasteiger partial charge in [0.1, 0.15) is 23.9 Å². The number of aryl methyl sites for hydroxylation is 1. The van der Waals surface area contributed by atoms with Crippen molar-refractivity contribution in [2.45, 2.75) is 26.0 Å². The number of likely N-dealkylation sites (tertiary alicyclic amines) is 1. The molecule has 0 bridgehead atoms. The maximum Gasteiger partial charge on any atom is 0.295 e. The summed E-state index contributed by atoms with van der Waals surface area (Å²) in [4.78, 5) is 28.4. The Bertz CT molecular complexity index is 1670. The van der Waals surface area contributed by atoms with E-state index in [9.17, 15) is 19.1 Å². The number of carbonyl (C=O) groups is 2. The van der Waals surface area contributed by atoms with Crippen molar-refractivity contribution in [1.29, 1.82) is 0 Å². The van der Waals surface area contributed by atoms with Crippen LogP contribution in [0.1, 0.15) is 33.9 Å². The van der Waals surface area contributed by atoms with Crippen LogP contribution >= 0.6 is 0 Å². The summed E-state index contributed by atoms with van der Waals surface area (Å²) >= 11 is 0. The summed E-state index contributed by atoms with van der Waals surface area (Å²) in [5.74, 6) is -0.643. The molecule has 7 nitrogen and oxygen atoms in total. The fourth-order valence-electron chi connectivity index (χ4n) is 5.23. The Morgan fingerprint density at radius 3 is 2.21 bits per heavy atom. The molecule has 0 radical (unpaired) electrons. The van der Waals surface area contributed by atoms with E-state index in [0.717, 1.165) is 16.7 Å². The zero-order valence-corrected chi connectivity index (χ0v) is 24.2. The lowest BCUT2D eigenvalue weighted by atomic mass is 9.94. The highest BCUT2D eigenvalue weighted by Gasteiger charge is 2.46. The Kier molecular flexibility index (Phi) is 8.76. The van der Waals surface area contributed by atoms with Gasteiger partial charge < -0.3 is 24.2 Å². The predicted octanol–water partition coefficient (Wildman–Crippen LogP) is 6.39. The van der Waals surface area contributed by atoms with Crippen LogP contribution in [-0.4, -0.2) is 42.5 Å². The lowest BCUT2D eigenvalue weighted by Crippen LogP contribution is -2.31. The smallest absolute Gasteiger partial charge is 0.295 e. The van der Waals surface area contributed by atoms with Gasteiger partial charge in [0.15, 0.2) is 11.5 Å². The van der Waals surface area contributed by atoms with Gasteiger partial charge in [-0.05, 0) is 78.1 Å².